The molecule has 1 saturated heterocycles. The first-order valence-corrected chi connectivity index (χ1v) is 9.59. The van der Waals surface area contributed by atoms with Gasteiger partial charge in [-0.3, -0.25) is 24.5 Å². The number of aliphatic hydroxyl groups is 1. The van der Waals surface area contributed by atoms with E-state index in [4.69, 9.17) is 16.7 Å². The number of halogens is 1. The van der Waals surface area contributed by atoms with Crippen LogP contribution in [0.5, 0.6) is 0 Å². The number of aliphatic hydroxyl groups excluding tert-OH is 1. The van der Waals surface area contributed by atoms with Crippen molar-refractivity contribution in [2.75, 3.05) is 6.54 Å². The summed E-state index contributed by atoms with van der Waals surface area (Å²) in [5.74, 6) is -3.28. The van der Waals surface area contributed by atoms with E-state index >= 15 is 0 Å². The van der Waals surface area contributed by atoms with E-state index in [0.29, 0.717) is 10.6 Å². The van der Waals surface area contributed by atoms with E-state index < -0.39 is 34.4 Å². The van der Waals surface area contributed by atoms with Crippen molar-refractivity contribution in [3.63, 3.8) is 0 Å². The third kappa shape index (κ3) is 4.56. The van der Waals surface area contributed by atoms with Crippen LogP contribution in [0.15, 0.2) is 54.1 Å². The van der Waals surface area contributed by atoms with Gasteiger partial charge in [-0.1, -0.05) is 11.6 Å². The number of Topliss-reactive ketones (excluding diaryl/α,β-unsaturated/α-hetero) is 1. The number of nitrogens with zero attached hydrogens (tertiary/aromatic N) is 2. The smallest absolute Gasteiger partial charge is 0.303 e. The molecule has 2 aromatic rings. The molecule has 0 unspecified atom stereocenters. The molecular formula is C21H17ClN2O7. The number of carbonyl (C=O) groups excluding carboxylic acids is 2. The van der Waals surface area contributed by atoms with Crippen molar-refractivity contribution in [3.05, 3.63) is 80.4 Å². The van der Waals surface area contributed by atoms with E-state index in [-0.39, 0.29) is 36.2 Å². The number of hydrogen-bond donors (Lipinski definition) is 2. The van der Waals surface area contributed by atoms with Crippen molar-refractivity contribution in [2.45, 2.75) is 18.9 Å². The number of rotatable bonds is 7. The summed E-state index contributed by atoms with van der Waals surface area (Å²) in [6.45, 7) is -0.0457. The minimum atomic E-state index is -1.05. The standard InChI is InChI=1S/C21H17ClN2O7/c22-14-7-3-13(4-8-14)19(27)17-18(12-5-9-15(10-6-12)24(30)31)23(21(29)20(17)28)11-1-2-16(25)26/h3-10,18,27H,1-2,11H2,(H,25,26)/t18-/m0/s1. The van der Waals surface area contributed by atoms with Gasteiger partial charge in [0.25, 0.3) is 17.4 Å². The molecule has 0 bridgehead atoms. The average Bonchev–Trinajstić information content (AvgIpc) is 2.98. The third-order valence-corrected chi connectivity index (χ3v) is 5.12. The van der Waals surface area contributed by atoms with Gasteiger partial charge < -0.3 is 15.1 Å². The van der Waals surface area contributed by atoms with Crippen molar-refractivity contribution in [2.24, 2.45) is 0 Å². The van der Waals surface area contributed by atoms with Crippen LogP contribution in [0.4, 0.5) is 5.69 Å². The van der Waals surface area contributed by atoms with Crippen LogP contribution in [0, 0.1) is 10.1 Å². The lowest BCUT2D eigenvalue weighted by atomic mass is 9.95. The summed E-state index contributed by atoms with van der Waals surface area (Å²) in [6.07, 6.45) is -0.125. The van der Waals surface area contributed by atoms with E-state index in [2.05, 4.69) is 0 Å². The Bertz CT molecular complexity index is 1080. The molecule has 0 radical (unpaired) electrons. The molecule has 0 spiro atoms. The lowest BCUT2D eigenvalue weighted by Crippen LogP contribution is -2.31. The van der Waals surface area contributed by atoms with Gasteiger partial charge in [0.05, 0.1) is 16.5 Å². The maximum absolute atomic E-state index is 12.8. The van der Waals surface area contributed by atoms with Crippen LogP contribution in [-0.2, 0) is 14.4 Å². The average molecular weight is 445 g/mol. The molecule has 1 fully saturated rings. The van der Waals surface area contributed by atoms with E-state index in [0.717, 1.165) is 0 Å². The number of carboxylic acids is 1. The second-order valence-electron chi connectivity index (χ2n) is 6.85. The van der Waals surface area contributed by atoms with E-state index in [1.807, 2.05) is 0 Å². The second-order valence-corrected chi connectivity index (χ2v) is 7.28. The Balaban J connectivity index is 2.10. The number of carboxylic acid groups (broad SMARTS) is 1. The van der Waals surface area contributed by atoms with Crippen LogP contribution in [-0.4, -0.2) is 44.2 Å². The van der Waals surface area contributed by atoms with E-state index in [1.165, 1.54) is 53.4 Å². The predicted molar refractivity (Wildman–Crippen MR) is 110 cm³/mol. The quantitative estimate of drug-likeness (QED) is 0.219. The molecular weight excluding hydrogens is 428 g/mol. The Morgan fingerprint density at radius 3 is 2.23 bits per heavy atom. The first kappa shape index (κ1) is 22.0. The minimum absolute atomic E-state index is 0.0457. The second kappa shape index (κ2) is 8.97. The zero-order valence-corrected chi connectivity index (χ0v) is 16.8. The highest BCUT2D eigenvalue weighted by molar-refractivity contribution is 6.46. The minimum Gasteiger partial charge on any atom is -0.507 e. The molecule has 3 rings (SSSR count). The number of ketones is 1. The fraction of sp³-hybridized carbons (Fsp3) is 0.190. The van der Waals surface area contributed by atoms with Gasteiger partial charge >= 0.3 is 5.97 Å². The first-order chi connectivity index (χ1) is 14.7. The van der Waals surface area contributed by atoms with Crippen LogP contribution in [0.2, 0.25) is 5.02 Å². The van der Waals surface area contributed by atoms with Gasteiger partial charge in [0.1, 0.15) is 5.76 Å². The number of non-ortho nitro benzene ring substituents is 1. The van der Waals surface area contributed by atoms with Crippen molar-refractivity contribution < 1.29 is 29.5 Å². The fourth-order valence-electron chi connectivity index (χ4n) is 3.40. The molecule has 1 atom stereocenters. The number of aliphatic carboxylic acids is 1. The van der Waals surface area contributed by atoms with Gasteiger partial charge in [-0.15, -0.1) is 0 Å². The molecule has 0 aliphatic carbocycles. The van der Waals surface area contributed by atoms with Gasteiger partial charge in [-0.05, 0) is 48.4 Å². The molecule has 1 heterocycles. The van der Waals surface area contributed by atoms with Crippen molar-refractivity contribution in [1.82, 2.24) is 4.90 Å². The molecule has 1 amide bonds. The van der Waals surface area contributed by atoms with Crippen LogP contribution in [0.3, 0.4) is 0 Å². The van der Waals surface area contributed by atoms with Gasteiger partial charge in [-0.25, -0.2) is 0 Å². The number of amides is 1. The molecule has 0 saturated carbocycles. The fourth-order valence-corrected chi connectivity index (χ4v) is 3.53. The lowest BCUT2D eigenvalue weighted by molar-refractivity contribution is -0.384. The number of carbonyl (C=O) groups is 3. The van der Waals surface area contributed by atoms with E-state index in [9.17, 15) is 29.6 Å². The van der Waals surface area contributed by atoms with Crippen LogP contribution in [0.25, 0.3) is 5.76 Å². The lowest BCUT2D eigenvalue weighted by Gasteiger charge is -2.25. The molecule has 31 heavy (non-hydrogen) atoms. The van der Waals surface area contributed by atoms with Gasteiger partial charge in [0, 0.05) is 35.7 Å². The molecule has 10 heteroatoms. The maximum atomic E-state index is 12.8. The third-order valence-electron chi connectivity index (χ3n) is 4.87. The summed E-state index contributed by atoms with van der Waals surface area (Å²) in [4.78, 5) is 47.9. The molecule has 9 nitrogen and oxygen atoms in total. The number of nitro groups is 1. The predicted octanol–water partition coefficient (Wildman–Crippen LogP) is 3.53. The van der Waals surface area contributed by atoms with Gasteiger partial charge in [0.2, 0.25) is 0 Å². The molecule has 2 aromatic carbocycles. The van der Waals surface area contributed by atoms with Gasteiger partial charge in [-0.2, -0.15) is 0 Å². The Kier molecular flexibility index (Phi) is 6.36. The molecule has 2 N–H and O–H groups in total. The van der Waals surface area contributed by atoms with Crippen molar-refractivity contribution in [3.8, 4) is 0 Å². The molecule has 0 aromatic heterocycles. The topological polar surface area (TPSA) is 138 Å². The van der Waals surface area contributed by atoms with Crippen LogP contribution in [0.1, 0.15) is 30.0 Å². The highest BCUT2D eigenvalue weighted by Crippen LogP contribution is 2.40. The maximum Gasteiger partial charge on any atom is 0.303 e. The molecule has 1 aliphatic rings. The highest BCUT2D eigenvalue weighted by Gasteiger charge is 2.45. The van der Waals surface area contributed by atoms with Crippen LogP contribution < -0.4 is 0 Å². The molecule has 1 aliphatic heterocycles. The normalized spacial score (nSPS) is 17.7. The first-order valence-electron chi connectivity index (χ1n) is 9.21. The Hall–Kier alpha value is -3.72. The van der Waals surface area contributed by atoms with Crippen molar-refractivity contribution >= 4 is 40.7 Å². The van der Waals surface area contributed by atoms with Crippen LogP contribution >= 0.6 is 11.6 Å². The van der Waals surface area contributed by atoms with Crippen molar-refractivity contribution in [1.29, 1.82) is 0 Å². The number of nitro benzene ring substituents is 1. The molecule has 160 valence electrons. The highest BCUT2D eigenvalue weighted by atomic mass is 35.5. The Morgan fingerprint density at radius 1 is 1.06 bits per heavy atom. The number of benzene rings is 2. The summed E-state index contributed by atoms with van der Waals surface area (Å²) in [5.41, 5.74) is 0.274. The zero-order chi connectivity index (χ0) is 22.7. The Morgan fingerprint density at radius 2 is 1.68 bits per heavy atom. The van der Waals surface area contributed by atoms with E-state index in [1.54, 1.807) is 0 Å². The summed E-state index contributed by atoms with van der Waals surface area (Å²) in [7, 11) is 0. The summed E-state index contributed by atoms with van der Waals surface area (Å²) < 4.78 is 0. The summed E-state index contributed by atoms with van der Waals surface area (Å²) >= 11 is 5.87. The largest absolute Gasteiger partial charge is 0.507 e. The number of hydrogen-bond acceptors (Lipinski definition) is 6. The summed E-state index contributed by atoms with van der Waals surface area (Å²) in [6, 6.07) is 10.2. The SMILES string of the molecule is O=C(O)CCCN1C(=O)C(=O)C(=C(O)c2ccc(Cl)cc2)[C@@H]1c1ccc([N+](=O)[O-])cc1. The summed E-state index contributed by atoms with van der Waals surface area (Å²) in [5, 5.41) is 31.1. The monoisotopic (exact) mass is 444 g/mol. The van der Waals surface area contributed by atoms with Gasteiger partial charge in [0.15, 0.2) is 0 Å². The Labute approximate surface area is 181 Å². The zero-order valence-electron chi connectivity index (χ0n) is 16.0. The number of likely N-dealkylation sites (tertiary alicyclic amines) is 1.